The molecule has 0 radical (unpaired) electrons. The Kier molecular flexibility index (Phi) is 6.55. The van der Waals surface area contributed by atoms with E-state index < -0.39 is 30.3 Å². The lowest BCUT2D eigenvalue weighted by atomic mass is 10.1. The summed E-state index contributed by atoms with van der Waals surface area (Å²) in [7, 11) is 3.04. The van der Waals surface area contributed by atoms with Crippen molar-refractivity contribution in [2.75, 3.05) is 20.8 Å². The Bertz CT molecular complexity index is 793. The van der Waals surface area contributed by atoms with Crippen molar-refractivity contribution in [1.29, 1.82) is 0 Å². The van der Waals surface area contributed by atoms with Gasteiger partial charge in [0.05, 0.1) is 25.8 Å². The van der Waals surface area contributed by atoms with Gasteiger partial charge in [-0.15, -0.1) is 0 Å². The van der Waals surface area contributed by atoms with Gasteiger partial charge >= 0.3 is 6.18 Å². The first-order valence-corrected chi connectivity index (χ1v) is 8.06. The molecule has 8 heteroatoms. The minimum Gasteiger partial charge on any atom is -0.497 e. The van der Waals surface area contributed by atoms with Crippen molar-refractivity contribution >= 4 is 5.91 Å². The molecular weight excluding hydrogens is 363 g/mol. The maximum Gasteiger partial charge on any atom is 0.416 e. The Labute approximate surface area is 155 Å². The van der Waals surface area contributed by atoms with E-state index in [0.29, 0.717) is 17.1 Å². The van der Waals surface area contributed by atoms with Crippen molar-refractivity contribution < 1.29 is 32.2 Å². The zero-order chi connectivity index (χ0) is 20.0. The molecule has 0 bridgehead atoms. The highest BCUT2D eigenvalue weighted by Gasteiger charge is 2.30. The van der Waals surface area contributed by atoms with Crippen molar-refractivity contribution in [3.05, 3.63) is 53.6 Å². The van der Waals surface area contributed by atoms with E-state index in [4.69, 9.17) is 14.2 Å². The molecule has 0 unspecified atom stereocenters. The number of halogens is 3. The van der Waals surface area contributed by atoms with E-state index in [9.17, 15) is 18.0 Å². The smallest absolute Gasteiger partial charge is 0.416 e. The first kappa shape index (κ1) is 20.4. The molecule has 1 atom stereocenters. The van der Waals surface area contributed by atoms with Crippen molar-refractivity contribution in [2.45, 2.75) is 19.1 Å². The van der Waals surface area contributed by atoms with Gasteiger partial charge in [-0.3, -0.25) is 4.79 Å². The molecule has 0 saturated heterocycles. The molecule has 0 aliphatic rings. The molecule has 0 saturated carbocycles. The fourth-order valence-corrected chi connectivity index (χ4v) is 2.45. The maximum absolute atomic E-state index is 12.7. The molecule has 5 nitrogen and oxygen atoms in total. The van der Waals surface area contributed by atoms with Gasteiger partial charge in [-0.25, -0.2) is 0 Å². The summed E-state index contributed by atoms with van der Waals surface area (Å²) < 4.78 is 53.7. The highest BCUT2D eigenvalue weighted by Crippen LogP contribution is 2.31. The Hall–Kier alpha value is -2.90. The van der Waals surface area contributed by atoms with E-state index in [1.807, 2.05) is 0 Å². The van der Waals surface area contributed by atoms with Crippen LogP contribution in [0.4, 0.5) is 13.2 Å². The topological polar surface area (TPSA) is 56.8 Å². The molecule has 0 fully saturated rings. The molecule has 1 amide bonds. The van der Waals surface area contributed by atoms with Gasteiger partial charge in [-0.1, -0.05) is 6.07 Å². The minimum absolute atomic E-state index is 0.0356. The molecular formula is C19H20F3NO4. The van der Waals surface area contributed by atoms with Crippen LogP contribution in [-0.2, 0) is 11.0 Å². The molecule has 0 spiro atoms. The van der Waals surface area contributed by atoms with E-state index in [0.717, 1.165) is 12.1 Å². The van der Waals surface area contributed by atoms with Crippen LogP contribution in [0.15, 0.2) is 42.5 Å². The molecule has 0 heterocycles. The van der Waals surface area contributed by atoms with E-state index >= 15 is 0 Å². The SMILES string of the molecule is COc1ccc(OC)c([C@@H](C)NC(=O)COc2cccc(C(F)(F)F)c2)c1. The normalized spacial score (nSPS) is 12.2. The molecule has 27 heavy (non-hydrogen) atoms. The van der Waals surface area contributed by atoms with Gasteiger partial charge in [0.1, 0.15) is 17.2 Å². The second-order valence-corrected chi connectivity index (χ2v) is 5.71. The van der Waals surface area contributed by atoms with E-state index in [1.165, 1.54) is 26.4 Å². The monoisotopic (exact) mass is 383 g/mol. The molecule has 1 N–H and O–H groups in total. The molecule has 2 rings (SSSR count). The number of carbonyl (C=O) groups is 1. The quantitative estimate of drug-likeness (QED) is 0.786. The zero-order valence-electron chi connectivity index (χ0n) is 15.1. The van der Waals surface area contributed by atoms with Crippen molar-refractivity contribution in [1.82, 2.24) is 5.32 Å². The molecule has 0 aromatic heterocycles. The maximum atomic E-state index is 12.7. The van der Waals surface area contributed by atoms with Crippen molar-refractivity contribution in [2.24, 2.45) is 0 Å². The lowest BCUT2D eigenvalue weighted by molar-refractivity contribution is -0.137. The predicted molar refractivity (Wildman–Crippen MR) is 93.0 cm³/mol. The zero-order valence-corrected chi connectivity index (χ0v) is 15.1. The molecule has 0 aliphatic heterocycles. The number of hydrogen-bond acceptors (Lipinski definition) is 4. The van der Waals surface area contributed by atoms with E-state index in [2.05, 4.69) is 5.32 Å². The van der Waals surface area contributed by atoms with Crippen LogP contribution in [0.25, 0.3) is 0 Å². The average Bonchev–Trinajstić information content (AvgIpc) is 2.65. The van der Waals surface area contributed by atoms with Gasteiger partial charge in [0.2, 0.25) is 0 Å². The van der Waals surface area contributed by atoms with Gasteiger partial charge in [0, 0.05) is 5.56 Å². The Morgan fingerprint density at radius 2 is 1.81 bits per heavy atom. The number of nitrogens with one attached hydrogen (secondary N) is 1. The van der Waals surface area contributed by atoms with E-state index in [-0.39, 0.29) is 5.75 Å². The number of hydrogen-bond donors (Lipinski definition) is 1. The molecule has 2 aromatic rings. The fourth-order valence-electron chi connectivity index (χ4n) is 2.45. The number of methoxy groups -OCH3 is 2. The standard InChI is InChI=1S/C19H20F3NO4/c1-12(16-10-14(25-2)7-8-17(16)26-3)23-18(24)11-27-15-6-4-5-13(9-15)19(20,21)22/h4-10,12H,11H2,1-3H3,(H,23,24)/t12-/m1/s1. The number of ether oxygens (including phenoxy) is 3. The third-order valence-corrected chi connectivity index (χ3v) is 3.81. The summed E-state index contributed by atoms with van der Waals surface area (Å²) in [5.74, 6) is 0.658. The third kappa shape index (κ3) is 5.54. The lowest BCUT2D eigenvalue weighted by Gasteiger charge is -2.18. The van der Waals surface area contributed by atoms with Gasteiger partial charge in [0.25, 0.3) is 5.91 Å². The summed E-state index contributed by atoms with van der Waals surface area (Å²) in [6.45, 7) is 1.33. The summed E-state index contributed by atoms with van der Waals surface area (Å²) in [4.78, 5) is 12.1. The highest BCUT2D eigenvalue weighted by atomic mass is 19.4. The van der Waals surface area contributed by atoms with Crippen molar-refractivity contribution in [3.63, 3.8) is 0 Å². The van der Waals surface area contributed by atoms with Crippen LogP contribution in [0.1, 0.15) is 24.1 Å². The number of amides is 1. The van der Waals surface area contributed by atoms with Crippen LogP contribution in [0.3, 0.4) is 0 Å². The number of rotatable bonds is 7. The van der Waals surface area contributed by atoms with Crippen LogP contribution >= 0.6 is 0 Å². The first-order valence-electron chi connectivity index (χ1n) is 8.06. The third-order valence-electron chi connectivity index (χ3n) is 3.81. The number of alkyl halides is 3. The minimum atomic E-state index is -4.47. The highest BCUT2D eigenvalue weighted by molar-refractivity contribution is 5.78. The Morgan fingerprint density at radius 1 is 1.07 bits per heavy atom. The summed E-state index contributed by atoms with van der Waals surface area (Å²) in [6, 6.07) is 9.12. The summed E-state index contributed by atoms with van der Waals surface area (Å²) in [5, 5.41) is 2.72. The lowest BCUT2D eigenvalue weighted by Crippen LogP contribution is -2.31. The summed E-state index contributed by atoms with van der Waals surface area (Å²) >= 11 is 0. The van der Waals surface area contributed by atoms with E-state index in [1.54, 1.807) is 25.1 Å². The fraction of sp³-hybridized carbons (Fsp3) is 0.316. The Balaban J connectivity index is 2.00. The summed E-state index contributed by atoms with van der Waals surface area (Å²) in [5.41, 5.74) is -0.140. The average molecular weight is 383 g/mol. The van der Waals surface area contributed by atoms with Gasteiger partial charge in [-0.05, 0) is 43.3 Å². The predicted octanol–water partition coefficient (Wildman–Crippen LogP) is 3.98. The number of carbonyl (C=O) groups excluding carboxylic acids is 1. The number of benzene rings is 2. The summed E-state index contributed by atoms with van der Waals surface area (Å²) in [6.07, 6.45) is -4.47. The van der Waals surface area contributed by atoms with Gasteiger partial charge in [-0.2, -0.15) is 13.2 Å². The van der Waals surface area contributed by atoms with Gasteiger partial charge < -0.3 is 19.5 Å². The van der Waals surface area contributed by atoms with Crippen LogP contribution in [0.2, 0.25) is 0 Å². The first-order chi connectivity index (χ1) is 12.7. The Morgan fingerprint density at radius 3 is 2.44 bits per heavy atom. The van der Waals surface area contributed by atoms with Crippen LogP contribution in [0.5, 0.6) is 17.2 Å². The van der Waals surface area contributed by atoms with Crippen LogP contribution < -0.4 is 19.5 Å². The molecule has 0 aliphatic carbocycles. The largest absolute Gasteiger partial charge is 0.497 e. The van der Waals surface area contributed by atoms with Crippen molar-refractivity contribution in [3.8, 4) is 17.2 Å². The molecule has 146 valence electrons. The van der Waals surface area contributed by atoms with Crippen LogP contribution in [-0.4, -0.2) is 26.7 Å². The second-order valence-electron chi connectivity index (χ2n) is 5.71. The molecule has 2 aromatic carbocycles. The van der Waals surface area contributed by atoms with Gasteiger partial charge in [0.15, 0.2) is 6.61 Å². The van der Waals surface area contributed by atoms with Crippen LogP contribution in [0, 0.1) is 0 Å². The second kappa shape index (κ2) is 8.66.